The highest BCUT2D eigenvalue weighted by Gasteiger charge is 2.19. The second kappa shape index (κ2) is 4.49. The van der Waals surface area contributed by atoms with Gasteiger partial charge in [-0.05, 0) is 24.1 Å². The van der Waals surface area contributed by atoms with Gasteiger partial charge in [0.1, 0.15) is 0 Å². The Morgan fingerprint density at radius 2 is 2.38 bits per heavy atom. The van der Waals surface area contributed by atoms with Gasteiger partial charge in [0.2, 0.25) is 0 Å². The number of phenols is 1. The summed E-state index contributed by atoms with van der Waals surface area (Å²) in [7, 11) is 0. The molecule has 0 saturated carbocycles. The normalized spacial score (nSPS) is 15.4. The minimum Gasteiger partial charge on any atom is -0.505 e. The summed E-state index contributed by atoms with van der Waals surface area (Å²) in [4.78, 5) is 16.7. The van der Waals surface area contributed by atoms with E-state index in [9.17, 15) is 9.18 Å². The van der Waals surface area contributed by atoms with E-state index >= 15 is 0 Å². The Morgan fingerprint density at radius 3 is 3.00 bits per heavy atom. The maximum absolute atomic E-state index is 13.0. The van der Waals surface area contributed by atoms with Crippen molar-refractivity contribution in [1.82, 2.24) is 5.06 Å². The highest BCUT2D eigenvalue weighted by molar-refractivity contribution is 5.77. The van der Waals surface area contributed by atoms with Gasteiger partial charge in [0.25, 0.3) is 5.91 Å². The zero-order chi connectivity index (χ0) is 11.5. The monoisotopic (exact) mass is 225 g/mol. The van der Waals surface area contributed by atoms with Crippen molar-refractivity contribution in [2.24, 2.45) is 0 Å². The van der Waals surface area contributed by atoms with Crippen LogP contribution in [0.4, 0.5) is 4.39 Å². The summed E-state index contributed by atoms with van der Waals surface area (Å²) >= 11 is 0. The number of benzene rings is 1. The molecule has 5 heteroatoms. The highest BCUT2D eigenvalue weighted by Crippen LogP contribution is 2.17. The van der Waals surface area contributed by atoms with Crippen molar-refractivity contribution >= 4 is 5.91 Å². The lowest BCUT2D eigenvalue weighted by Gasteiger charge is -2.13. The number of amides is 1. The van der Waals surface area contributed by atoms with Gasteiger partial charge >= 0.3 is 0 Å². The van der Waals surface area contributed by atoms with Gasteiger partial charge in [-0.25, -0.2) is 9.45 Å². The van der Waals surface area contributed by atoms with Crippen LogP contribution in [0, 0.1) is 5.82 Å². The fourth-order valence-electron chi connectivity index (χ4n) is 1.57. The molecule has 1 aliphatic heterocycles. The van der Waals surface area contributed by atoms with Gasteiger partial charge in [0.05, 0.1) is 19.6 Å². The Labute approximate surface area is 92.2 Å². The van der Waals surface area contributed by atoms with Crippen LogP contribution in [-0.2, 0) is 16.1 Å². The lowest BCUT2D eigenvalue weighted by atomic mass is 10.1. The number of hydroxylamine groups is 2. The molecule has 86 valence electrons. The fourth-order valence-corrected chi connectivity index (χ4v) is 1.57. The van der Waals surface area contributed by atoms with Crippen molar-refractivity contribution in [3.8, 4) is 5.75 Å². The lowest BCUT2D eigenvalue weighted by Crippen LogP contribution is -2.28. The van der Waals surface area contributed by atoms with Crippen LogP contribution >= 0.6 is 0 Å². The van der Waals surface area contributed by atoms with E-state index in [1.807, 2.05) is 0 Å². The number of nitrogens with zero attached hydrogens (tertiary/aromatic N) is 1. The molecule has 1 aromatic carbocycles. The van der Waals surface area contributed by atoms with Crippen molar-refractivity contribution in [2.45, 2.75) is 12.8 Å². The predicted molar refractivity (Wildman–Crippen MR) is 54.1 cm³/mol. The van der Waals surface area contributed by atoms with E-state index in [1.54, 1.807) is 0 Å². The smallest absolute Gasteiger partial charge is 0.250 e. The third kappa shape index (κ3) is 2.30. The summed E-state index contributed by atoms with van der Waals surface area (Å²) in [5.41, 5.74) is 0.524. The van der Waals surface area contributed by atoms with Crippen molar-refractivity contribution in [3.63, 3.8) is 0 Å². The lowest BCUT2D eigenvalue weighted by molar-refractivity contribution is -0.167. The summed E-state index contributed by atoms with van der Waals surface area (Å²) in [5, 5.41) is 10.3. The molecule has 4 nitrogen and oxygen atoms in total. The summed E-state index contributed by atoms with van der Waals surface area (Å²) < 4.78 is 13.0. The largest absolute Gasteiger partial charge is 0.505 e. The Bertz CT molecular complexity index is 402. The van der Waals surface area contributed by atoms with E-state index in [-0.39, 0.29) is 12.3 Å². The van der Waals surface area contributed by atoms with Crippen molar-refractivity contribution < 1.29 is 19.1 Å². The summed E-state index contributed by atoms with van der Waals surface area (Å²) in [6, 6.07) is 3.92. The first kappa shape index (κ1) is 10.9. The van der Waals surface area contributed by atoms with E-state index in [1.165, 1.54) is 17.2 Å². The number of carbonyl (C=O) groups is 1. The van der Waals surface area contributed by atoms with Crippen LogP contribution in [0.2, 0.25) is 0 Å². The van der Waals surface area contributed by atoms with E-state index in [2.05, 4.69) is 0 Å². The summed E-state index contributed by atoms with van der Waals surface area (Å²) in [6.45, 7) is 1.13. The molecule has 0 aromatic heterocycles. The van der Waals surface area contributed by atoms with Crippen LogP contribution in [0.5, 0.6) is 5.75 Å². The topological polar surface area (TPSA) is 49.8 Å². The molecule has 1 heterocycles. The number of carbonyl (C=O) groups excluding carboxylic acids is 1. The Balaban J connectivity index is 2.02. The van der Waals surface area contributed by atoms with Gasteiger partial charge < -0.3 is 5.11 Å². The Morgan fingerprint density at radius 1 is 1.56 bits per heavy atom. The van der Waals surface area contributed by atoms with E-state index < -0.39 is 11.6 Å². The standard InChI is InChI=1S/C11H12FNO3/c12-9-6-8(2-3-10(9)14)7-11(15)13-4-1-5-16-13/h2-3,6,14H,1,4-5,7H2. The molecule has 1 aliphatic rings. The Kier molecular flexibility index (Phi) is 3.05. The molecule has 0 atom stereocenters. The molecule has 0 bridgehead atoms. The van der Waals surface area contributed by atoms with Gasteiger partial charge in [-0.3, -0.25) is 9.63 Å². The third-order valence-electron chi connectivity index (χ3n) is 2.40. The number of halogens is 1. The van der Waals surface area contributed by atoms with Gasteiger partial charge in [0, 0.05) is 0 Å². The minimum atomic E-state index is -0.715. The molecular formula is C11H12FNO3. The van der Waals surface area contributed by atoms with E-state index in [0.29, 0.717) is 18.7 Å². The molecular weight excluding hydrogens is 213 g/mol. The molecule has 0 unspecified atom stereocenters. The van der Waals surface area contributed by atoms with E-state index in [0.717, 1.165) is 12.5 Å². The molecule has 0 radical (unpaired) electrons. The van der Waals surface area contributed by atoms with E-state index in [4.69, 9.17) is 9.94 Å². The molecule has 1 amide bonds. The fraction of sp³-hybridized carbons (Fsp3) is 0.364. The van der Waals surface area contributed by atoms with Gasteiger partial charge in [-0.15, -0.1) is 0 Å². The van der Waals surface area contributed by atoms with Gasteiger partial charge in [-0.1, -0.05) is 6.07 Å². The van der Waals surface area contributed by atoms with Crippen molar-refractivity contribution in [1.29, 1.82) is 0 Å². The minimum absolute atomic E-state index is 0.0806. The highest BCUT2D eigenvalue weighted by atomic mass is 19.1. The second-order valence-corrected chi connectivity index (χ2v) is 3.65. The average molecular weight is 225 g/mol. The average Bonchev–Trinajstić information content (AvgIpc) is 2.77. The number of rotatable bonds is 2. The molecule has 16 heavy (non-hydrogen) atoms. The summed E-state index contributed by atoms with van der Waals surface area (Å²) in [5.74, 6) is -1.32. The van der Waals surface area contributed by atoms with Crippen LogP contribution in [0.3, 0.4) is 0 Å². The second-order valence-electron chi connectivity index (χ2n) is 3.65. The van der Waals surface area contributed by atoms with Crippen LogP contribution in [0.25, 0.3) is 0 Å². The molecule has 0 spiro atoms. The molecule has 1 saturated heterocycles. The summed E-state index contributed by atoms with van der Waals surface area (Å²) in [6.07, 6.45) is 0.910. The third-order valence-corrected chi connectivity index (χ3v) is 2.40. The molecule has 0 aliphatic carbocycles. The molecule has 1 N–H and O–H groups in total. The number of phenolic OH excluding ortho intramolecular Hbond substituents is 1. The zero-order valence-corrected chi connectivity index (χ0v) is 8.65. The maximum Gasteiger partial charge on any atom is 0.250 e. The van der Waals surface area contributed by atoms with Gasteiger partial charge in [0.15, 0.2) is 11.6 Å². The van der Waals surface area contributed by atoms with Crippen LogP contribution in [-0.4, -0.2) is 29.2 Å². The SMILES string of the molecule is O=C(Cc1ccc(O)c(F)c1)N1CCCO1. The van der Waals surface area contributed by atoms with Crippen LogP contribution < -0.4 is 0 Å². The quantitative estimate of drug-likeness (QED) is 0.823. The van der Waals surface area contributed by atoms with Crippen LogP contribution in [0.15, 0.2) is 18.2 Å². The number of hydrogen-bond donors (Lipinski definition) is 1. The first-order chi connectivity index (χ1) is 7.66. The van der Waals surface area contributed by atoms with Crippen molar-refractivity contribution in [3.05, 3.63) is 29.6 Å². The zero-order valence-electron chi connectivity index (χ0n) is 8.65. The maximum atomic E-state index is 13.0. The van der Waals surface area contributed by atoms with Crippen molar-refractivity contribution in [2.75, 3.05) is 13.2 Å². The number of aromatic hydroxyl groups is 1. The predicted octanol–water partition coefficient (Wildman–Crippen LogP) is 1.24. The molecule has 2 rings (SSSR count). The molecule has 1 fully saturated rings. The number of hydrogen-bond acceptors (Lipinski definition) is 3. The molecule has 1 aromatic rings. The first-order valence-corrected chi connectivity index (χ1v) is 5.07. The Hall–Kier alpha value is -1.62. The van der Waals surface area contributed by atoms with Crippen LogP contribution in [0.1, 0.15) is 12.0 Å². The van der Waals surface area contributed by atoms with Gasteiger partial charge in [-0.2, -0.15) is 0 Å². The first-order valence-electron chi connectivity index (χ1n) is 5.07.